The van der Waals surface area contributed by atoms with Gasteiger partial charge in [-0.1, -0.05) is 18.2 Å². The largest absolute Gasteiger partial charge is 0.383 e. The van der Waals surface area contributed by atoms with Crippen molar-refractivity contribution < 1.29 is 22.7 Å². The SMILES string of the molecule is COCCN1[C@@H]2CCN(Cc3c[nH]c4ccccc34)C[C@@]2(C(=O)N2CCOCC2)CCS1(=O)=O. The summed E-state index contributed by atoms with van der Waals surface area (Å²) in [7, 11) is -1.85. The summed E-state index contributed by atoms with van der Waals surface area (Å²) in [6.07, 6.45) is 3.02. The summed E-state index contributed by atoms with van der Waals surface area (Å²) in [5.41, 5.74) is 1.53. The summed E-state index contributed by atoms with van der Waals surface area (Å²) in [5.74, 6) is 0.0614. The number of hydrogen-bond acceptors (Lipinski definition) is 6. The van der Waals surface area contributed by atoms with Gasteiger partial charge in [-0.05, 0) is 24.5 Å². The number of morpholine rings is 1. The molecule has 0 radical (unpaired) electrons. The number of aromatic amines is 1. The maximum Gasteiger partial charge on any atom is 0.231 e. The number of benzene rings is 1. The van der Waals surface area contributed by atoms with Crippen molar-refractivity contribution in [3.05, 3.63) is 36.0 Å². The topological polar surface area (TPSA) is 95.2 Å². The number of piperidine rings is 1. The second-order valence-corrected chi connectivity index (χ2v) is 11.6. The van der Waals surface area contributed by atoms with E-state index in [0.717, 1.165) is 18.6 Å². The lowest BCUT2D eigenvalue weighted by Gasteiger charge is -2.54. The van der Waals surface area contributed by atoms with Crippen molar-refractivity contribution in [2.45, 2.75) is 25.4 Å². The first-order valence-corrected chi connectivity index (χ1v) is 13.7. The quantitative estimate of drug-likeness (QED) is 0.655. The standard InChI is InChI=1S/C24H34N4O5S/c1-32-12-11-28-22-6-8-26(17-19-16-25-21-5-3-2-4-20(19)21)18-24(22,7-15-34(28,30)31)23(29)27-9-13-33-14-10-27/h2-5,16,22,25H,6-15,17-18H2,1H3/t22-,24+/m1/s1. The molecule has 3 saturated heterocycles. The lowest BCUT2D eigenvalue weighted by Crippen LogP contribution is -2.69. The van der Waals surface area contributed by atoms with E-state index in [0.29, 0.717) is 52.3 Å². The summed E-state index contributed by atoms with van der Waals surface area (Å²) in [4.78, 5) is 21.6. The Labute approximate surface area is 201 Å². The number of likely N-dealkylation sites (tertiary alicyclic amines) is 1. The maximum atomic E-state index is 14.1. The number of fused-ring (bicyclic) bond motifs is 2. The fraction of sp³-hybridized carbons (Fsp3) is 0.625. The van der Waals surface area contributed by atoms with Crippen LogP contribution in [0.4, 0.5) is 0 Å². The number of H-pyrrole nitrogens is 1. The van der Waals surface area contributed by atoms with E-state index in [1.807, 2.05) is 23.2 Å². The van der Waals surface area contributed by atoms with Crippen LogP contribution < -0.4 is 0 Å². The molecular formula is C24H34N4O5S. The number of methoxy groups -OCH3 is 1. The van der Waals surface area contributed by atoms with E-state index < -0.39 is 15.4 Å². The molecule has 0 aliphatic carbocycles. The van der Waals surface area contributed by atoms with Crippen LogP contribution in [0, 0.1) is 5.41 Å². The number of carbonyl (C=O) groups is 1. The van der Waals surface area contributed by atoms with Crippen LogP contribution in [0.1, 0.15) is 18.4 Å². The number of aromatic nitrogens is 1. The molecule has 2 atom stereocenters. The third-order valence-electron chi connectivity index (χ3n) is 7.68. The summed E-state index contributed by atoms with van der Waals surface area (Å²) in [6.45, 7) is 4.77. The second-order valence-electron chi connectivity index (χ2n) is 9.60. The van der Waals surface area contributed by atoms with E-state index in [4.69, 9.17) is 9.47 Å². The molecule has 3 aliphatic rings. The minimum Gasteiger partial charge on any atom is -0.383 e. The first-order chi connectivity index (χ1) is 16.4. The highest BCUT2D eigenvalue weighted by Gasteiger charge is 2.58. The molecular weight excluding hydrogens is 456 g/mol. The first kappa shape index (κ1) is 23.7. The van der Waals surface area contributed by atoms with Gasteiger partial charge in [0.05, 0.1) is 31.0 Å². The molecule has 3 aliphatic heterocycles. The number of rotatable bonds is 6. The van der Waals surface area contributed by atoms with Crippen LogP contribution in [0.15, 0.2) is 30.5 Å². The average molecular weight is 491 g/mol. The average Bonchev–Trinajstić information content (AvgIpc) is 3.26. The third-order valence-corrected chi connectivity index (χ3v) is 9.55. The van der Waals surface area contributed by atoms with Crippen molar-refractivity contribution in [2.75, 3.05) is 65.4 Å². The Hall–Kier alpha value is -1.98. The van der Waals surface area contributed by atoms with E-state index in [1.54, 1.807) is 11.4 Å². The summed E-state index contributed by atoms with van der Waals surface area (Å²) in [6, 6.07) is 7.88. The Kier molecular flexibility index (Phi) is 6.69. The van der Waals surface area contributed by atoms with Crippen LogP contribution in [-0.2, 0) is 30.8 Å². The van der Waals surface area contributed by atoms with E-state index in [9.17, 15) is 13.2 Å². The molecule has 34 heavy (non-hydrogen) atoms. The van der Waals surface area contributed by atoms with E-state index in [-0.39, 0.29) is 24.2 Å². The Bertz CT molecular complexity index is 1130. The molecule has 186 valence electrons. The molecule has 2 aromatic rings. The van der Waals surface area contributed by atoms with E-state index >= 15 is 0 Å². The lowest BCUT2D eigenvalue weighted by atomic mass is 9.71. The van der Waals surface area contributed by atoms with Crippen LogP contribution in [-0.4, -0.2) is 105 Å². The second kappa shape index (κ2) is 9.58. The van der Waals surface area contributed by atoms with Gasteiger partial charge in [-0.15, -0.1) is 0 Å². The molecule has 4 heterocycles. The van der Waals surface area contributed by atoms with Crippen LogP contribution in [0.25, 0.3) is 10.9 Å². The van der Waals surface area contributed by atoms with Gasteiger partial charge in [-0.25, -0.2) is 8.42 Å². The first-order valence-electron chi connectivity index (χ1n) is 12.1. The molecule has 1 N–H and O–H groups in total. The number of nitrogens with zero attached hydrogens (tertiary/aromatic N) is 3. The molecule has 0 spiro atoms. The molecule has 9 nitrogen and oxygen atoms in total. The van der Waals surface area contributed by atoms with Crippen molar-refractivity contribution in [3.8, 4) is 0 Å². The predicted molar refractivity (Wildman–Crippen MR) is 129 cm³/mol. The van der Waals surface area contributed by atoms with Crippen molar-refractivity contribution >= 4 is 26.8 Å². The Morgan fingerprint density at radius 2 is 2.03 bits per heavy atom. The zero-order valence-corrected chi connectivity index (χ0v) is 20.6. The Morgan fingerprint density at radius 3 is 2.82 bits per heavy atom. The zero-order valence-electron chi connectivity index (χ0n) is 19.7. The highest BCUT2D eigenvalue weighted by Crippen LogP contribution is 2.44. The number of carbonyl (C=O) groups excluding carboxylic acids is 1. The van der Waals surface area contributed by atoms with Gasteiger partial charge < -0.3 is 19.4 Å². The molecule has 0 saturated carbocycles. The molecule has 1 amide bonds. The molecule has 1 aromatic heterocycles. The predicted octanol–water partition coefficient (Wildman–Crippen LogP) is 1.27. The van der Waals surface area contributed by atoms with Gasteiger partial charge in [0.15, 0.2) is 0 Å². The summed E-state index contributed by atoms with van der Waals surface area (Å²) < 4.78 is 38.4. The highest BCUT2D eigenvalue weighted by atomic mass is 32.2. The highest BCUT2D eigenvalue weighted by molar-refractivity contribution is 7.89. The zero-order chi connectivity index (χ0) is 23.8. The van der Waals surface area contributed by atoms with E-state index in [1.165, 1.54) is 10.9 Å². The minimum atomic E-state index is -3.43. The van der Waals surface area contributed by atoms with Crippen molar-refractivity contribution in [1.82, 2.24) is 19.1 Å². The van der Waals surface area contributed by atoms with Crippen LogP contribution >= 0.6 is 0 Å². The lowest BCUT2D eigenvalue weighted by molar-refractivity contribution is -0.155. The third kappa shape index (κ3) is 4.26. The number of para-hydroxylation sites is 1. The fourth-order valence-electron chi connectivity index (χ4n) is 5.97. The van der Waals surface area contributed by atoms with Crippen molar-refractivity contribution in [3.63, 3.8) is 0 Å². The van der Waals surface area contributed by atoms with Crippen LogP contribution in [0.2, 0.25) is 0 Å². The van der Waals surface area contributed by atoms with Gasteiger partial charge in [0.2, 0.25) is 15.9 Å². The molecule has 1 aromatic carbocycles. The minimum absolute atomic E-state index is 0.00970. The van der Waals surface area contributed by atoms with Gasteiger partial charge in [0.25, 0.3) is 0 Å². The van der Waals surface area contributed by atoms with Gasteiger partial charge in [0.1, 0.15) is 0 Å². The van der Waals surface area contributed by atoms with Crippen LogP contribution in [0.3, 0.4) is 0 Å². The molecule has 5 rings (SSSR count). The van der Waals surface area contributed by atoms with Crippen molar-refractivity contribution in [1.29, 1.82) is 0 Å². The number of nitrogens with one attached hydrogen (secondary N) is 1. The summed E-state index contributed by atoms with van der Waals surface area (Å²) in [5, 5.41) is 1.19. The van der Waals surface area contributed by atoms with Gasteiger partial charge >= 0.3 is 0 Å². The van der Waals surface area contributed by atoms with Gasteiger partial charge in [0, 0.05) is 69.5 Å². The number of ether oxygens (including phenoxy) is 2. The van der Waals surface area contributed by atoms with Crippen LogP contribution in [0.5, 0.6) is 0 Å². The summed E-state index contributed by atoms with van der Waals surface area (Å²) >= 11 is 0. The normalized spacial score (nSPS) is 28.1. The smallest absolute Gasteiger partial charge is 0.231 e. The molecule has 3 fully saturated rings. The number of sulfonamides is 1. The number of hydrogen-bond donors (Lipinski definition) is 1. The van der Waals surface area contributed by atoms with Gasteiger partial charge in [-0.2, -0.15) is 4.31 Å². The molecule has 0 bridgehead atoms. The fourth-order valence-corrected chi connectivity index (χ4v) is 7.87. The molecule has 10 heteroatoms. The van der Waals surface area contributed by atoms with Gasteiger partial charge in [-0.3, -0.25) is 9.69 Å². The Balaban J connectivity index is 1.46. The van der Waals surface area contributed by atoms with E-state index in [2.05, 4.69) is 22.0 Å². The number of amides is 1. The molecule has 0 unspecified atom stereocenters. The maximum absolute atomic E-state index is 14.1. The van der Waals surface area contributed by atoms with Crippen molar-refractivity contribution in [2.24, 2.45) is 5.41 Å². The Morgan fingerprint density at radius 1 is 1.24 bits per heavy atom. The monoisotopic (exact) mass is 490 g/mol.